The molecule has 1 saturated heterocycles. The molecule has 4 heteroatoms. The van der Waals surface area contributed by atoms with Crippen LogP contribution in [0.4, 0.5) is 0 Å². The van der Waals surface area contributed by atoms with Crippen molar-refractivity contribution in [2.75, 3.05) is 6.54 Å². The standard InChI is InChI=1S/C15H20N2O2/c1-11(2)17-10-13(8-14(17)18)15(19)16-9-12-6-4-3-5-7-12/h3-7,11,13H,8-10H2,1-2H3,(H,16,19)/t13-/m1/s1. The molecule has 1 aromatic rings. The molecule has 0 saturated carbocycles. The fraction of sp³-hybridized carbons (Fsp3) is 0.467. The van der Waals surface area contributed by atoms with Crippen molar-refractivity contribution in [3.05, 3.63) is 35.9 Å². The first-order chi connectivity index (χ1) is 9.08. The minimum Gasteiger partial charge on any atom is -0.352 e. The molecule has 0 bridgehead atoms. The molecule has 4 nitrogen and oxygen atoms in total. The number of amides is 2. The molecule has 0 aliphatic carbocycles. The van der Waals surface area contributed by atoms with Gasteiger partial charge in [0.15, 0.2) is 0 Å². The highest BCUT2D eigenvalue weighted by Crippen LogP contribution is 2.20. The monoisotopic (exact) mass is 260 g/mol. The van der Waals surface area contributed by atoms with E-state index >= 15 is 0 Å². The van der Waals surface area contributed by atoms with Crippen molar-refractivity contribution < 1.29 is 9.59 Å². The molecule has 0 spiro atoms. The van der Waals surface area contributed by atoms with Gasteiger partial charge in [-0.25, -0.2) is 0 Å². The van der Waals surface area contributed by atoms with E-state index in [0.717, 1.165) is 5.56 Å². The summed E-state index contributed by atoms with van der Waals surface area (Å²) < 4.78 is 0. The van der Waals surface area contributed by atoms with Crippen LogP contribution < -0.4 is 5.32 Å². The lowest BCUT2D eigenvalue weighted by molar-refractivity contribution is -0.129. The molecule has 102 valence electrons. The van der Waals surface area contributed by atoms with Gasteiger partial charge in [0.05, 0.1) is 5.92 Å². The van der Waals surface area contributed by atoms with Crippen LogP contribution >= 0.6 is 0 Å². The molecular formula is C15H20N2O2. The Morgan fingerprint density at radius 1 is 1.37 bits per heavy atom. The lowest BCUT2D eigenvalue weighted by Crippen LogP contribution is -2.35. The predicted molar refractivity (Wildman–Crippen MR) is 73.2 cm³/mol. The number of hydrogen-bond donors (Lipinski definition) is 1. The third kappa shape index (κ3) is 3.34. The largest absolute Gasteiger partial charge is 0.352 e. The van der Waals surface area contributed by atoms with E-state index in [2.05, 4.69) is 5.32 Å². The van der Waals surface area contributed by atoms with Gasteiger partial charge in [-0.15, -0.1) is 0 Å². The lowest BCUT2D eigenvalue weighted by Gasteiger charge is -2.20. The summed E-state index contributed by atoms with van der Waals surface area (Å²) in [5.41, 5.74) is 1.07. The number of benzene rings is 1. The SMILES string of the molecule is CC(C)N1C[C@H](C(=O)NCc2ccccc2)CC1=O. The fourth-order valence-electron chi connectivity index (χ4n) is 2.34. The van der Waals surface area contributed by atoms with Gasteiger partial charge in [-0.1, -0.05) is 30.3 Å². The van der Waals surface area contributed by atoms with Gasteiger partial charge in [-0.3, -0.25) is 9.59 Å². The Balaban J connectivity index is 1.86. The highest BCUT2D eigenvalue weighted by molar-refractivity contribution is 5.89. The van der Waals surface area contributed by atoms with Crippen molar-refractivity contribution in [1.29, 1.82) is 0 Å². The van der Waals surface area contributed by atoms with Gasteiger partial charge in [0.2, 0.25) is 11.8 Å². The van der Waals surface area contributed by atoms with Crippen molar-refractivity contribution in [3.8, 4) is 0 Å². The van der Waals surface area contributed by atoms with Gasteiger partial charge < -0.3 is 10.2 Å². The van der Waals surface area contributed by atoms with Crippen molar-refractivity contribution in [1.82, 2.24) is 10.2 Å². The zero-order chi connectivity index (χ0) is 13.8. The number of rotatable bonds is 4. The summed E-state index contributed by atoms with van der Waals surface area (Å²) in [6.07, 6.45) is 0.332. The molecule has 1 atom stereocenters. The van der Waals surface area contributed by atoms with Gasteiger partial charge in [-0.2, -0.15) is 0 Å². The van der Waals surface area contributed by atoms with Crippen LogP contribution in [-0.2, 0) is 16.1 Å². The average molecular weight is 260 g/mol. The van der Waals surface area contributed by atoms with E-state index in [4.69, 9.17) is 0 Å². The Morgan fingerprint density at radius 2 is 2.05 bits per heavy atom. The second-order valence-corrected chi connectivity index (χ2v) is 5.24. The predicted octanol–water partition coefficient (Wildman–Crippen LogP) is 1.56. The number of nitrogens with one attached hydrogen (secondary N) is 1. The van der Waals surface area contributed by atoms with Crippen molar-refractivity contribution in [2.24, 2.45) is 5.92 Å². The molecule has 1 aliphatic heterocycles. The highest BCUT2D eigenvalue weighted by atomic mass is 16.2. The molecule has 0 unspecified atom stereocenters. The molecule has 1 N–H and O–H groups in total. The molecule has 1 aliphatic rings. The molecule has 2 rings (SSSR count). The molecule has 0 aromatic heterocycles. The number of likely N-dealkylation sites (tertiary alicyclic amines) is 1. The van der Waals surface area contributed by atoms with Gasteiger partial charge in [0, 0.05) is 25.6 Å². The lowest BCUT2D eigenvalue weighted by atomic mass is 10.1. The third-order valence-electron chi connectivity index (χ3n) is 3.46. The second kappa shape index (κ2) is 5.87. The summed E-state index contributed by atoms with van der Waals surface area (Å²) in [7, 11) is 0. The molecule has 1 heterocycles. The maximum atomic E-state index is 12.0. The number of carbonyl (C=O) groups is 2. The van der Waals surface area contributed by atoms with Crippen molar-refractivity contribution >= 4 is 11.8 Å². The highest BCUT2D eigenvalue weighted by Gasteiger charge is 2.35. The van der Waals surface area contributed by atoms with Crippen molar-refractivity contribution in [2.45, 2.75) is 32.9 Å². The number of hydrogen-bond acceptors (Lipinski definition) is 2. The van der Waals surface area contributed by atoms with Crippen LogP contribution in [0.5, 0.6) is 0 Å². The third-order valence-corrected chi connectivity index (χ3v) is 3.46. The normalized spacial score (nSPS) is 19.0. The van der Waals surface area contributed by atoms with E-state index in [1.807, 2.05) is 44.2 Å². The maximum absolute atomic E-state index is 12.0. The van der Waals surface area contributed by atoms with Gasteiger partial charge in [-0.05, 0) is 19.4 Å². The summed E-state index contributed by atoms with van der Waals surface area (Å²) >= 11 is 0. The van der Waals surface area contributed by atoms with Crippen LogP contribution in [0.25, 0.3) is 0 Å². The molecule has 2 amide bonds. The zero-order valence-electron chi connectivity index (χ0n) is 11.4. The minimum absolute atomic E-state index is 0.0275. The van der Waals surface area contributed by atoms with E-state index in [-0.39, 0.29) is 23.8 Å². The van der Waals surface area contributed by atoms with Gasteiger partial charge >= 0.3 is 0 Å². The summed E-state index contributed by atoms with van der Waals surface area (Å²) in [5.74, 6) is -0.158. The number of nitrogens with zero attached hydrogens (tertiary/aromatic N) is 1. The first-order valence-corrected chi connectivity index (χ1v) is 6.69. The van der Waals surface area contributed by atoms with Gasteiger partial charge in [0.25, 0.3) is 0 Å². The van der Waals surface area contributed by atoms with Crippen molar-refractivity contribution in [3.63, 3.8) is 0 Å². The van der Waals surface area contributed by atoms with Crippen LogP contribution in [0.3, 0.4) is 0 Å². The van der Waals surface area contributed by atoms with Crippen LogP contribution in [0.1, 0.15) is 25.8 Å². The molecule has 19 heavy (non-hydrogen) atoms. The maximum Gasteiger partial charge on any atom is 0.225 e. The molecule has 1 fully saturated rings. The topological polar surface area (TPSA) is 49.4 Å². The molecular weight excluding hydrogens is 240 g/mol. The smallest absolute Gasteiger partial charge is 0.225 e. The summed E-state index contributed by atoms with van der Waals surface area (Å²) in [4.78, 5) is 25.6. The quantitative estimate of drug-likeness (QED) is 0.893. The Morgan fingerprint density at radius 3 is 2.63 bits per heavy atom. The second-order valence-electron chi connectivity index (χ2n) is 5.24. The first kappa shape index (κ1) is 13.6. The van der Waals surface area contributed by atoms with E-state index in [1.54, 1.807) is 4.90 Å². The zero-order valence-corrected chi connectivity index (χ0v) is 11.4. The van der Waals surface area contributed by atoms with Crippen LogP contribution in [0.2, 0.25) is 0 Å². The van der Waals surface area contributed by atoms with Crippen LogP contribution in [-0.4, -0.2) is 29.3 Å². The molecule has 1 aromatic carbocycles. The minimum atomic E-state index is -0.210. The summed E-state index contributed by atoms with van der Waals surface area (Å²) in [6, 6.07) is 9.95. The number of carbonyl (C=O) groups excluding carboxylic acids is 2. The Hall–Kier alpha value is -1.84. The first-order valence-electron chi connectivity index (χ1n) is 6.69. The van der Waals surface area contributed by atoms with Crippen LogP contribution in [0.15, 0.2) is 30.3 Å². The summed E-state index contributed by atoms with van der Waals surface area (Å²) in [5, 5.41) is 2.90. The summed E-state index contributed by atoms with van der Waals surface area (Å²) in [6.45, 7) is 5.01. The van der Waals surface area contributed by atoms with E-state index in [0.29, 0.717) is 19.5 Å². The van der Waals surface area contributed by atoms with Gasteiger partial charge in [0.1, 0.15) is 0 Å². The Bertz CT molecular complexity index is 456. The average Bonchev–Trinajstić information content (AvgIpc) is 2.79. The Labute approximate surface area is 113 Å². The molecule has 0 radical (unpaired) electrons. The van der Waals surface area contributed by atoms with E-state index in [9.17, 15) is 9.59 Å². The van der Waals surface area contributed by atoms with E-state index < -0.39 is 0 Å². The Kier molecular flexibility index (Phi) is 4.20. The van der Waals surface area contributed by atoms with Crippen LogP contribution in [0, 0.1) is 5.92 Å². The van der Waals surface area contributed by atoms with E-state index in [1.165, 1.54) is 0 Å². The fourth-order valence-corrected chi connectivity index (χ4v) is 2.34.